The van der Waals surface area contributed by atoms with Crippen LogP contribution in [0.3, 0.4) is 0 Å². The van der Waals surface area contributed by atoms with E-state index in [2.05, 4.69) is 5.32 Å². The Balaban J connectivity index is 2.20. The molecular weight excluding hydrogens is 507 g/mol. The van der Waals surface area contributed by atoms with Gasteiger partial charge in [-0.15, -0.1) is 0 Å². The molecule has 2 aliphatic heterocycles. The van der Waals surface area contributed by atoms with Gasteiger partial charge in [0.05, 0.1) is 23.7 Å². The molecule has 12 nitrogen and oxygen atoms in total. The number of methoxy groups -OCH3 is 2. The Kier molecular flexibility index (Phi) is 9.88. The molecule has 2 rings (SSSR count). The maximum absolute atomic E-state index is 11.8. The normalized spacial score (nSPS) is 43.2. The highest BCUT2D eigenvalue weighted by Gasteiger charge is 2.51. The van der Waals surface area contributed by atoms with Crippen LogP contribution in [0.5, 0.6) is 0 Å². The second kappa shape index (κ2) is 11.4. The molecular formula is C16H29IN2O10. The monoisotopic (exact) mass is 536 g/mol. The minimum Gasteiger partial charge on any atom is -0.394 e. The lowest BCUT2D eigenvalue weighted by Gasteiger charge is -2.47. The van der Waals surface area contributed by atoms with E-state index >= 15 is 0 Å². The summed E-state index contributed by atoms with van der Waals surface area (Å²) in [6.07, 6.45) is -8.82. The summed E-state index contributed by atoms with van der Waals surface area (Å²) in [5.74, 6) is -0.356. The fraction of sp³-hybridized carbons (Fsp3) is 0.938. The van der Waals surface area contributed by atoms with Gasteiger partial charge < -0.3 is 55.2 Å². The number of nitrogens with two attached hydrogens (primary N) is 1. The van der Waals surface area contributed by atoms with Crippen molar-refractivity contribution >= 4 is 28.5 Å². The van der Waals surface area contributed by atoms with Gasteiger partial charge in [0.25, 0.3) is 0 Å². The summed E-state index contributed by atoms with van der Waals surface area (Å²) in [6.45, 7) is -0.988. The summed E-state index contributed by atoms with van der Waals surface area (Å²) in [4.78, 5) is 11.8. The second-order valence-electron chi connectivity index (χ2n) is 6.77. The minimum absolute atomic E-state index is 0.145. The molecule has 29 heavy (non-hydrogen) atoms. The van der Waals surface area contributed by atoms with Gasteiger partial charge in [0, 0.05) is 14.2 Å². The maximum Gasteiger partial charge on any atom is 0.230 e. The Morgan fingerprint density at radius 3 is 2.14 bits per heavy atom. The third kappa shape index (κ3) is 5.54. The number of aliphatic hydroxyl groups is 4. The van der Waals surface area contributed by atoms with Crippen molar-refractivity contribution < 1.29 is 48.9 Å². The Morgan fingerprint density at radius 1 is 1.03 bits per heavy atom. The number of carbonyl (C=O) groups excluding carboxylic acids is 1. The second-order valence-corrected chi connectivity index (χ2v) is 7.54. The summed E-state index contributed by atoms with van der Waals surface area (Å²) in [6, 6.07) is -2.06. The van der Waals surface area contributed by atoms with Gasteiger partial charge in [0.1, 0.15) is 42.7 Å². The SMILES string of the molecule is CO[C@@H]1OC(CO)[C@@H](O[C@@H]2OC(CO)[C@@H](OC)C(O)C2N)C(O)C1NC(=O)CI. The van der Waals surface area contributed by atoms with Crippen molar-refractivity contribution in [3.8, 4) is 0 Å². The van der Waals surface area contributed by atoms with Gasteiger partial charge in [-0.3, -0.25) is 4.79 Å². The minimum atomic E-state index is -1.35. The number of halogens is 1. The van der Waals surface area contributed by atoms with E-state index in [1.165, 1.54) is 14.2 Å². The van der Waals surface area contributed by atoms with Crippen LogP contribution in [0.4, 0.5) is 0 Å². The van der Waals surface area contributed by atoms with Crippen LogP contribution < -0.4 is 11.1 Å². The van der Waals surface area contributed by atoms with Crippen LogP contribution in [0.15, 0.2) is 0 Å². The molecule has 2 aliphatic rings. The molecule has 0 aromatic rings. The largest absolute Gasteiger partial charge is 0.394 e. The van der Waals surface area contributed by atoms with Crippen LogP contribution in [0.1, 0.15) is 0 Å². The standard InChI is InChI=1S/C16H29IN2O10/c1-25-13-6(4-20)27-15(9(18)11(13)23)29-14-7(5-21)28-16(26-2)10(12(14)24)19-8(22)3-17/h6-7,9-16,20-21,23-24H,3-5,18H2,1-2H3,(H,19,22)/t6?,7?,9?,10?,11?,12?,13-,14-,15+,16-/m1/s1. The van der Waals surface area contributed by atoms with Gasteiger partial charge in [0.15, 0.2) is 12.6 Å². The van der Waals surface area contributed by atoms with Crippen LogP contribution >= 0.6 is 22.6 Å². The average Bonchev–Trinajstić information content (AvgIpc) is 2.73. The first kappa shape index (κ1) is 25.1. The molecule has 10 atom stereocenters. The summed E-state index contributed by atoms with van der Waals surface area (Å²) in [7, 11) is 2.68. The lowest BCUT2D eigenvalue weighted by atomic mass is 9.95. The van der Waals surface area contributed by atoms with Crippen molar-refractivity contribution in [2.75, 3.05) is 31.9 Å². The van der Waals surface area contributed by atoms with Gasteiger partial charge in [0.2, 0.25) is 5.91 Å². The van der Waals surface area contributed by atoms with Crippen molar-refractivity contribution in [3.05, 3.63) is 0 Å². The fourth-order valence-electron chi connectivity index (χ4n) is 3.47. The zero-order valence-electron chi connectivity index (χ0n) is 16.1. The van der Waals surface area contributed by atoms with E-state index in [9.17, 15) is 25.2 Å². The Labute approximate surface area is 181 Å². The van der Waals surface area contributed by atoms with E-state index in [0.717, 1.165) is 0 Å². The average molecular weight is 536 g/mol. The van der Waals surface area contributed by atoms with Gasteiger partial charge in [-0.05, 0) is 0 Å². The molecule has 0 aromatic heterocycles. The van der Waals surface area contributed by atoms with Crippen LogP contribution in [0, 0.1) is 0 Å². The van der Waals surface area contributed by atoms with E-state index in [4.69, 9.17) is 29.4 Å². The molecule has 1 amide bonds. The highest BCUT2D eigenvalue weighted by atomic mass is 127. The predicted molar refractivity (Wildman–Crippen MR) is 105 cm³/mol. The molecule has 7 N–H and O–H groups in total. The lowest BCUT2D eigenvalue weighted by molar-refractivity contribution is -0.329. The first-order valence-electron chi connectivity index (χ1n) is 9.03. The molecule has 2 saturated heterocycles. The van der Waals surface area contributed by atoms with Gasteiger partial charge in [-0.25, -0.2) is 0 Å². The molecule has 2 heterocycles. The number of hydrogen-bond acceptors (Lipinski definition) is 11. The highest BCUT2D eigenvalue weighted by Crippen LogP contribution is 2.29. The van der Waals surface area contributed by atoms with Gasteiger partial charge >= 0.3 is 0 Å². The summed E-state index contributed by atoms with van der Waals surface area (Å²) in [5.41, 5.74) is 6.00. The number of alkyl halides is 1. The Morgan fingerprint density at radius 2 is 1.62 bits per heavy atom. The molecule has 0 aromatic carbocycles. The van der Waals surface area contributed by atoms with E-state index in [1.807, 2.05) is 22.6 Å². The van der Waals surface area contributed by atoms with Gasteiger partial charge in [-0.1, -0.05) is 22.6 Å². The highest BCUT2D eigenvalue weighted by molar-refractivity contribution is 14.1. The number of ether oxygens (including phenoxy) is 5. The summed E-state index contributed by atoms with van der Waals surface area (Å²) in [5, 5.41) is 43.0. The molecule has 0 saturated carbocycles. The number of carbonyl (C=O) groups is 1. The van der Waals surface area contributed by atoms with Crippen LogP contribution in [-0.4, -0.2) is 119 Å². The Bertz CT molecular complexity index is 530. The van der Waals surface area contributed by atoms with Crippen molar-refractivity contribution in [2.45, 2.75) is 61.3 Å². The zero-order chi connectivity index (χ0) is 21.7. The Hall–Kier alpha value is -0.200. The van der Waals surface area contributed by atoms with Crippen molar-refractivity contribution in [1.29, 1.82) is 0 Å². The molecule has 0 radical (unpaired) electrons. The van der Waals surface area contributed by atoms with E-state index in [1.54, 1.807) is 0 Å². The van der Waals surface area contributed by atoms with Crippen LogP contribution in [-0.2, 0) is 28.5 Å². The maximum atomic E-state index is 11.8. The van der Waals surface area contributed by atoms with Crippen molar-refractivity contribution in [1.82, 2.24) is 5.32 Å². The number of amides is 1. The third-order valence-corrected chi connectivity index (χ3v) is 5.69. The number of hydrogen-bond donors (Lipinski definition) is 6. The van der Waals surface area contributed by atoms with Gasteiger partial charge in [-0.2, -0.15) is 0 Å². The zero-order valence-corrected chi connectivity index (χ0v) is 18.2. The molecule has 6 unspecified atom stereocenters. The van der Waals surface area contributed by atoms with Crippen molar-refractivity contribution in [2.24, 2.45) is 5.73 Å². The lowest BCUT2D eigenvalue weighted by Crippen LogP contribution is -2.68. The van der Waals surface area contributed by atoms with E-state index in [0.29, 0.717) is 0 Å². The summed E-state index contributed by atoms with van der Waals surface area (Å²) >= 11 is 1.87. The molecule has 0 aliphatic carbocycles. The molecule has 2 fully saturated rings. The quantitative estimate of drug-likeness (QED) is 0.133. The topological polar surface area (TPSA) is 182 Å². The molecule has 0 spiro atoms. The third-order valence-electron chi connectivity index (χ3n) is 5.00. The van der Waals surface area contributed by atoms with Crippen LogP contribution in [0.25, 0.3) is 0 Å². The first-order chi connectivity index (χ1) is 13.8. The predicted octanol–water partition coefficient (Wildman–Crippen LogP) is -3.56. The number of rotatable bonds is 8. The van der Waals surface area contributed by atoms with Crippen molar-refractivity contribution in [3.63, 3.8) is 0 Å². The molecule has 170 valence electrons. The smallest absolute Gasteiger partial charge is 0.230 e. The first-order valence-corrected chi connectivity index (χ1v) is 10.6. The summed E-state index contributed by atoms with van der Waals surface area (Å²) < 4.78 is 27.5. The van der Waals surface area contributed by atoms with E-state index < -0.39 is 74.5 Å². The molecule has 0 bridgehead atoms. The molecule has 13 heteroatoms. The number of aliphatic hydroxyl groups excluding tert-OH is 4. The fourth-order valence-corrected chi connectivity index (χ4v) is 3.69. The van der Waals surface area contributed by atoms with E-state index in [-0.39, 0.29) is 10.3 Å². The number of nitrogens with one attached hydrogen (secondary N) is 1. The van der Waals surface area contributed by atoms with Crippen LogP contribution in [0.2, 0.25) is 0 Å².